The number of likely N-dealkylation sites (N-methyl/N-ethyl adjacent to an activating group) is 1. The highest BCUT2D eigenvalue weighted by Gasteiger charge is 2.33. The number of alkyl halides is 3. The molecule has 0 saturated carbocycles. The van der Waals surface area contributed by atoms with Gasteiger partial charge in [0.05, 0.1) is 5.56 Å². The van der Waals surface area contributed by atoms with Gasteiger partial charge in [-0.3, -0.25) is 0 Å². The van der Waals surface area contributed by atoms with Crippen LogP contribution in [0.2, 0.25) is 0 Å². The maximum absolute atomic E-state index is 13.0. The molecule has 2 aromatic rings. The van der Waals surface area contributed by atoms with Gasteiger partial charge < -0.3 is 4.90 Å². The number of rotatable bonds is 2. The average Bonchev–Trinajstić information content (AvgIpc) is 2.53. The standard InChI is InChI=1S/C19H20F3N/c1-23(2)16-11-14-6-3-4-9-17(14)18(12-16)13-7-5-8-15(10-13)19(20,21)22/h3-10,16,18H,11-12H2,1-2H3. The lowest BCUT2D eigenvalue weighted by Crippen LogP contribution is -2.35. The van der Waals surface area contributed by atoms with Crippen LogP contribution in [-0.4, -0.2) is 25.0 Å². The molecule has 2 atom stereocenters. The third kappa shape index (κ3) is 3.27. The second-order valence-electron chi connectivity index (χ2n) is 6.43. The van der Waals surface area contributed by atoms with Crippen LogP contribution in [0.1, 0.15) is 34.6 Å². The first-order valence-corrected chi connectivity index (χ1v) is 7.77. The Morgan fingerprint density at radius 3 is 2.43 bits per heavy atom. The Morgan fingerprint density at radius 1 is 1.00 bits per heavy atom. The highest BCUT2D eigenvalue weighted by molar-refractivity contribution is 5.42. The Kier molecular flexibility index (Phi) is 4.19. The maximum atomic E-state index is 13.0. The average molecular weight is 319 g/mol. The molecule has 1 aliphatic carbocycles. The summed E-state index contributed by atoms with van der Waals surface area (Å²) < 4.78 is 39.1. The summed E-state index contributed by atoms with van der Waals surface area (Å²) in [6.07, 6.45) is -2.52. The number of hydrogen-bond acceptors (Lipinski definition) is 1. The van der Waals surface area contributed by atoms with Gasteiger partial charge >= 0.3 is 6.18 Å². The number of hydrogen-bond donors (Lipinski definition) is 0. The third-order valence-corrected chi connectivity index (χ3v) is 4.74. The molecule has 0 heterocycles. The van der Waals surface area contributed by atoms with E-state index in [1.807, 2.05) is 38.4 Å². The summed E-state index contributed by atoms with van der Waals surface area (Å²) in [4.78, 5) is 2.16. The molecule has 2 unspecified atom stereocenters. The van der Waals surface area contributed by atoms with Crippen molar-refractivity contribution < 1.29 is 13.2 Å². The van der Waals surface area contributed by atoms with Crippen LogP contribution in [0.25, 0.3) is 0 Å². The second-order valence-corrected chi connectivity index (χ2v) is 6.43. The van der Waals surface area contributed by atoms with E-state index < -0.39 is 11.7 Å². The zero-order valence-corrected chi connectivity index (χ0v) is 13.3. The monoisotopic (exact) mass is 319 g/mol. The van der Waals surface area contributed by atoms with E-state index in [-0.39, 0.29) is 5.92 Å². The Hall–Kier alpha value is -1.81. The predicted octanol–water partition coefficient (Wildman–Crippen LogP) is 4.71. The van der Waals surface area contributed by atoms with Gasteiger partial charge in [0.2, 0.25) is 0 Å². The first kappa shape index (κ1) is 16.1. The lowest BCUT2D eigenvalue weighted by atomic mass is 9.76. The van der Waals surface area contributed by atoms with Crippen molar-refractivity contribution in [3.05, 3.63) is 70.8 Å². The molecule has 0 aromatic heterocycles. The Balaban J connectivity index is 2.04. The molecule has 0 saturated heterocycles. The molecule has 0 amide bonds. The van der Waals surface area contributed by atoms with Gasteiger partial charge in [-0.25, -0.2) is 0 Å². The molecular weight excluding hydrogens is 299 g/mol. The van der Waals surface area contributed by atoms with Crippen LogP contribution in [-0.2, 0) is 12.6 Å². The molecule has 0 N–H and O–H groups in total. The molecule has 1 aliphatic rings. The van der Waals surface area contributed by atoms with Gasteiger partial charge in [-0.05, 0) is 49.7 Å². The van der Waals surface area contributed by atoms with E-state index in [1.54, 1.807) is 0 Å². The van der Waals surface area contributed by atoms with E-state index in [0.29, 0.717) is 6.04 Å². The highest BCUT2D eigenvalue weighted by atomic mass is 19.4. The second kappa shape index (κ2) is 6.00. The molecule has 4 heteroatoms. The minimum Gasteiger partial charge on any atom is -0.306 e. The lowest BCUT2D eigenvalue weighted by molar-refractivity contribution is -0.137. The number of benzene rings is 2. The molecule has 3 rings (SSSR count). The Labute approximate surface area is 134 Å². The van der Waals surface area contributed by atoms with E-state index in [9.17, 15) is 13.2 Å². The van der Waals surface area contributed by atoms with Gasteiger partial charge in [0, 0.05) is 12.0 Å². The van der Waals surface area contributed by atoms with Gasteiger partial charge in [-0.2, -0.15) is 13.2 Å². The molecule has 0 fully saturated rings. The molecule has 0 bridgehead atoms. The SMILES string of the molecule is CN(C)C1Cc2ccccc2C(c2cccc(C(F)(F)F)c2)C1. The van der Waals surface area contributed by atoms with Crippen LogP contribution in [0.3, 0.4) is 0 Å². The molecule has 2 aromatic carbocycles. The van der Waals surface area contributed by atoms with Crippen LogP contribution in [0.5, 0.6) is 0 Å². The largest absolute Gasteiger partial charge is 0.416 e. The van der Waals surface area contributed by atoms with Crippen molar-refractivity contribution in [2.45, 2.75) is 31.0 Å². The normalized spacial score (nSPS) is 21.3. The minimum atomic E-state index is -4.30. The number of nitrogens with zero attached hydrogens (tertiary/aromatic N) is 1. The minimum absolute atomic E-state index is 0.00894. The summed E-state index contributed by atoms with van der Waals surface area (Å²) in [5.41, 5.74) is 2.57. The highest BCUT2D eigenvalue weighted by Crippen LogP contribution is 2.39. The van der Waals surface area contributed by atoms with Crippen molar-refractivity contribution in [1.82, 2.24) is 4.90 Å². The first-order chi connectivity index (χ1) is 10.9. The molecule has 0 aliphatic heterocycles. The van der Waals surface area contributed by atoms with Crippen LogP contribution in [0, 0.1) is 0 Å². The maximum Gasteiger partial charge on any atom is 0.416 e. The fourth-order valence-corrected chi connectivity index (χ4v) is 3.44. The van der Waals surface area contributed by atoms with Gasteiger partial charge in [-0.1, -0.05) is 42.5 Å². The summed E-state index contributed by atoms with van der Waals surface area (Å²) in [7, 11) is 4.06. The Bertz CT molecular complexity index is 691. The molecule has 0 radical (unpaired) electrons. The van der Waals surface area contributed by atoms with Crippen molar-refractivity contribution in [1.29, 1.82) is 0 Å². The third-order valence-electron chi connectivity index (χ3n) is 4.74. The molecule has 1 nitrogen and oxygen atoms in total. The quantitative estimate of drug-likeness (QED) is 0.774. The fourth-order valence-electron chi connectivity index (χ4n) is 3.44. The number of halogens is 3. The summed E-state index contributed by atoms with van der Waals surface area (Å²) in [5, 5.41) is 0. The van der Waals surface area contributed by atoms with E-state index >= 15 is 0 Å². The van der Waals surface area contributed by atoms with Crippen molar-refractivity contribution in [3.8, 4) is 0 Å². The first-order valence-electron chi connectivity index (χ1n) is 7.77. The summed E-state index contributed by atoms with van der Waals surface area (Å²) >= 11 is 0. The number of fused-ring (bicyclic) bond motifs is 1. The van der Waals surface area contributed by atoms with Gasteiger partial charge in [0.15, 0.2) is 0 Å². The molecule has 122 valence electrons. The van der Waals surface area contributed by atoms with Crippen LogP contribution < -0.4 is 0 Å². The summed E-state index contributed by atoms with van der Waals surface area (Å²) in [6, 6.07) is 14.2. The smallest absolute Gasteiger partial charge is 0.306 e. The zero-order valence-electron chi connectivity index (χ0n) is 13.3. The van der Waals surface area contributed by atoms with Crippen LogP contribution in [0.15, 0.2) is 48.5 Å². The van der Waals surface area contributed by atoms with Gasteiger partial charge in [0.25, 0.3) is 0 Å². The summed E-state index contributed by atoms with van der Waals surface area (Å²) in [5.74, 6) is 0.00894. The van der Waals surface area contributed by atoms with Crippen molar-refractivity contribution in [3.63, 3.8) is 0 Å². The van der Waals surface area contributed by atoms with Gasteiger partial charge in [-0.15, -0.1) is 0 Å². The lowest BCUT2D eigenvalue weighted by Gasteiger charge is -2.35. The van der Waals surface area contributed by atoms with Crippen molar-refractivity contribution in [2.75, 3.05) is 14.1 Å². The topological polar surface area (TPSA) is 3.24 Å². The van der Waals surface area contributed by atoms with E-state index in [4.69, 9.17) is 0 Å². The molecular formula is C19H20F3N. The van der Waals surface area contributed by atoms with Crippen LogP contribution >= 0.6 is 0 Å². The van der Waals surface area contributed by atoms with E-state index in [1.165, 1.54) is 17.7 Å². The molecule has 23 heavy (non-hydrogen) atoms. The molecule has 0 spiro atoms. The zero-order chi connectivity index (χ0) is 16.6. The fraction of sp³-hybridized carbons (Fsp3) is 0.368. The van der Waals surface area contributed by atoms with Gasteiger partial charge in [0.1, 0.15) is 0 Å². The Morgan fingerprint density at radius 2 is 1.74 bits per heavy atom. The predicted molar refractivity (Wildman–Crippen MR) is 85.5 cm³/mol. The van der Waals surface area contributed by atoms with Crippen molar-refractivity contribution in [2.24, 2.45) is 0 Å². The van der Waals surface area contributed by atoms with E-state index in [2.05, 4.69) is 11.0 Å². The van der Waals surface area contributed by atoms with Crippen LogP contribution in [0.4, 0.5) is 13.2 Å². The summed E-state index contributed by atoms with van der Waals surface area (Å²) in [6.45, 7) is 0. The van der Waals surface area contributed by atoms with Crippen molar-refractivity contribution >= 4 is 0 Å². The van der Waals surface area contributed by atoms with E-state index in [0.717, 1.165) is 30.0 Å².